The van der Waals surface area contributed by atoms with Crippen LogP contribution in [0.5, 0.6) is 0 Å². The summed E-state index contributed by atoms with van der Waals surface area (Å²) < 4.78 is 4.48. The van der Waals surface area contributed by atoms with Crippen molar-refractivity contribution in [3.05, 3.63) is 23.5 Å². The van der Waals surface area contributed by atoms with E-state index in [1.807, 2.05) is 6.07 Å². The molecule has 0 aromatic carbocycles. The molecular weight excluding hydrogens is 182 g/mol. The summed E-state index contributed by atoms with van der Waals surface area (Å²) in [5, 5.41) is 8.71. The molecule has 0 aliphatic rings. The molecule has 0 saturated carbocycles. The largest absolute Gasteiger partial charge is 0.469 e. The summed E-state index contributed by atoms with van der Waals surface area (Å²) in [6.07, 6.45) is 1.40. The molecule has 0 saturated heterocycles. The number of nitrogens with two attached hydrogens (primary N) is 1. The van der Waals surface area contributed by atoms with E-state index in [0.717, 1.165) is 0 Å². The van der Waals surface area contributed by atoms with Gasteiger partial charge in [0.05, 0.1) is 13.5 Å². The lowest BCUT2D eigenvalue weighted by Gasteiger charge is -2.04. The van der Waals surface area contributed by atoms with Crippen LogP contribution in [0.1, 0.15) is 11.3 Å². The van der Waals surface area contributed by atoms with Crippen LogP contribution in [-0.4, -0.2) is 18.1 Å². The number of nitrogen functional groups attached to an aromatic ring is 1. The summed E-state index contributed by atoms with van der Waals surface area (Å²) in [5.74, 6) is -0.443. The Morgan fingerprint density at radius 3 is 3.07 bits per heavy atom. The van der Waals surface area contributed by atoms with Crippen LogP contribution in [0.2, 0.25) is 0 Å². The van der Waals surface area contributed by atoms with E-state index >= 15 is 0 Å². The third kappa shape index (κ3) is 1.98. The number of carbonyl (C=O) groups is 1. The molecule has 1 aromatic rings. The van der Waals surface area contributed by atoms with Crippen molar-refractivity contribution in [1.82, 2.24) is 4.98 Å². The highest BCUT2D eigenvalue weighted by molar-refractivity contribution is 5.75. The Bertz CT molecular complexity index is 396. The van der Waals surface area contributed by atoms with Gasteiger partial charge >= 0.3 is 5.97 Å². The Balaban J connectivity index is 3.06. The van der Waals surface area contributed by atoms with Gasteiger partial charge in [-0.25, -0.2) is 4.98 Å². The topological polar surface area (TPSA) is 89.0 Å². The van der Waals surface area contributed by atoms with Crippen molar-refractivity contribution in [2.45, 2.75) is 6.42 Å². The number of aromatic nitrogens is 1. The van der Waals surface area contributed by atoms with Crippen molar-refractivity contribution < 1.29 is 9.53 Å². The van der Waals surface area contributed by atoms with Crippen molar-refractivity contribution in [3.63, 3.8) is 0 Å². The zero-order chi connectivity index (χ0) is 10.6. The van der Waals surface area contributed by atoms with Gasteiger partial charge in [-0.3, -0.25) is 4.79 Å². The van der Waals surface area contributed by atoms with Crippen LogP contribution in [0.25, 0.3) is 0 Å². The second-order valence-corrected chi connectivity index (χ2v) is 2.59. The number of pyridine rings is 1. The molecule has 14 heavy (non-hydrogen) atoms. The van der Waals surface area contributed by atoms with Gasteiger partial charge in [0.1, 0.15) is 11.8 Å². The molecule has 0 aliphatic heterocycles. The third-order valence-corrected chi connectivity index (χ3v) is 1.75. The molecule has 0 atom stereocenters. The number of rotatable bonds is 2. The quantitative estimate of drug-likeness (QED) is 0.677. The minimum absolute atomic E-state index is 0.0287. The number of methoxy groups -OCH3 is 1. The van der Waals surface area contributed by atoms with E-state index in [4.69, 9.17) is 11.0 Å². The SMILES string of the molecule is COC(=O)Cc1c(N)ccnc1C#N. The highest BCUT2D eigenvalue weighted by Gasteiger charge is 2.11. The zero-order valence-electron chi connectivity index (χ0n) is 7.65. The molecule has 1 aromatic heterocycles. The Hall–Kier alpha value is -2.09. The van der Waals surface area contributed by atoms with Gasteiger partial charge in [-0.05, 0) is 6.07 Å². The lowest BCUT2D eigenvalue weighted by atomic mass is 10.1. The summed E-state index contributed by atoms with van der Waals surface area (Å²) in [7, 11) is 1.28. The fraction of sp³-hybridized carbons (Fsp3) is 0.222. The Kier molecular flexibility index (Phi) is 3.02. The molecule has 0 spiro atoms. The highest BCUT2D eigenvalue weighted by atomic mass is 16.5. The van der Waals surface area contributed by atoms with E-state index in [-0.39, 0.29) is 12.1 Å². The molecule has 5 heteroatoms. The number of carbonyl (C=O) groups excluding carboxylic acids is 1. The Labute approximate surface area is 81.1 Å². The molecule has 0 amide bonds. The summed E-state index contributed by atoms with van der Waals surface area (Å²) in [4.78, 5) is 14.8. The van der Waals surface area contributed by atoms with Gasteiger partial charge < -0.3 is 10.5 Å². The molecule has 0 aliphatic carbocycles. The first-order valence-electron chi connectivity index (χ1n) is 3.89. The van der Waals surface area contributed by atoms with Gasteiger partial charge in [0, 0.05) is 17.4 Å². The molecule has 72 valence electrons. The number of anilines is 1. The second-order valence-electron chi connectivity index (χ2n) is 2.59. The molecule has 0 fully saturated rings. The molecule has 1 heterocycles. The lowest BCUT2D eigenvalue weighted by Crippen LogP contribution is -2.09. The fourth-order valence-electron chi connectivity index (χ4n) is 1.01. The van der Waals surface area contributed by atoms with E-state index in [1.54, 1.807) is 6.07 Å². The monoisotopic (exact) mass is 191 g/mol. The normalized spacial score (nSPS) is 9.14. The fourth-order valence-corrected chi connectivity index (χ4v) is 1.01. The average molecular weight is 191 g/mol. The number of esters is 1. The molecular formula is C9H9N3O2. The van der Waals surface area contributed by atoms with Crippen LogP contribution >= 0.6 is 0 Å². The van der Waals surface area contributed by atoms with Crippen LogP contribution in [0.3, 0.4) is 0 Å². The van der Waals surface area contributed by atoms with Crippen LogP contribution < -0.4 is 5.73 Å². The summed E-state index contributed by atoms with van der Waals surface area (Å²) in [6.45, 7) is 0. The van der Waals surface area contributed by atoms with E-state index in [1.165, 1.54) is 13.3 Å². The molecule has 0 unspecified atom stereocenters. The van der Waals surface area contributed by atoms with Crippen LogP contribution in [0.4, 0.5) is 5.69 Å². The number of nitriles is 1. The first-order valence-corrected chi connectivity index (χ1v) is 3.89. The molecule has 2 N–H and O–H groups in total. The van der Waals surface area contributed by atoms with Gasteiger partial charge in [0.25, 0.3) is 0 Å². The number of hydrogen-bond donors (Lipinski definition) is 1. The third-order valence-electron chi connectivity index (χ3n) is 1.75. The Morgan fingerprint density at radius 1 is 1.79 bits per heavy atom. The minimum Gasteiger partial charge on any atom is -0.469 e. The zero-order valence-corrected chi connectivity index (χ0v) is 7.65. The molecule has 1 rings (SSSR count). The predicted octanol–water partition coefficient (Wildman–Crippen LogP) is 0.251. The van der Waals surface area contributed by atoms with Crippen molar-refractivity contribution >= 4 is 11.7 Å². The van der Waals surface area contributed by atoms with E-state index in [2.05, 4.69) is 9.72 Å². The number of ether oxygens (including phenoxy) is 1. The maximum absolute atomic E-state index is 11.0. The maximum Gasteiger partial charge on any atom is 0.310 e. The first kappa shape index (κ1) is 9.99. The summed E-state index contributed by atoms with van der Waals surface area (Å²) in [6, 6.07) is 3.41. The van der Waals surface area contributed by atoms with Crippen molar-refractivity contribution in [1.29, 1.82) is 5.26 Å². The van der Waals surface area contributed by atoms with Crippen molar-refractivity contribution in [2.75, 3.05) is 12.8 Å². The lowest BCUT2D eigenvalue weighted by molar-refractivity contribution is -0.139. The van der Waals surface area contributed by atoms with Gasteiger partial charge in [0.15, 0.2) is 0 Å². The van der Waals surface area contributed by atoms with Crippen molar-refractivity contribution in [2.24, 2.45) is 0 Å². The summed E-state index contributed by atoms with van der Waals surface area (Å²) in [5.41, 5.74) is 6.56. The van der Waals surface area contributed by atoms with E-state index in [0.29, 0.717) is 11.3 Å². The average Bonchev–Trinajstić information content (AvgIpc) is 2.20. The molecule has 0 bridgehead atoms. The second kappa shape index (κ2) is 4.23. The first-order chi connectivity index (χ1) is 6.69. The number of nitrogens with zero attached hydrogens (tertiary/aromatic N) is 2. The van der Waals surface area contributed by atoms with E-state index < -0.39 is 5.97 Å². The Morgan fingerprint density at radius 2 is 2.50 bits per heavy atom. The van der Waals surface area contributed by atoms with Gasteiger partial charge in [-0.1, -0.05) is 0 Å². The number of hydrogen-bond acceptors (Lipinski definition) is 5. The standard InChI is InChI=1S/C9H9N3O2/c1-14-9(13)4-6-7(11)2-3-12-8(6)5-10/h2-3H,4H2,1H3,(H2,11,12). The van der Waals surface area contributed by atoms with Gasteiger partial charge in [-0.2, -0.15) is 5.26 Å². The summed E-state index contributed by atoms with van der Waals surface area (Å²) >= 11 is 0. The maximum atomic E-state index is 11.0. The highest BCUT2D eigenvalue weighted by Crippen LogP contribution is 2.14. The van der Waals surface area contributed by atoms with E-state index in [9.17, 15) is 4.79 Å². The predicted molar refractivity (Wildman–Crippen MR) is 49.1 cm³/mol. The molecule has 5 nitrogen and oxygen atoms in total. The van der Waals surface area contributed by atoms with Crippen molar-refractivity contribution in [3.8, 4) is 6.07 Å². The van der Waals surface area contributed by atoms with Gasteiger partial charge in [-0.15, -0.1) is 0 Å². The van der Waals surface area contributed by atoms with Crippen LogP contribution in [0, 0.1) is 11.3 Å². The van der Waals surface area contributed by atoms with Crippen LogP contribution in [-0.2, 0) is 16.0 Å². The van der Waals surface area contributed by atoms with Gasteiger partial charge in [0.2, 0.25) is 0 Å². The smallest absolute Gasteiger partial charge is 0.310 e. The van der Waals surface area contributed by atoms with Crippen LogP contribution in [0.15, 0.2) is 12.3 Å². The molecule has 0 radical (unpaired) electrons. The minimum atomic E-state index is -0.443.